The lowest BCUT2D eigenvalue weighted by Crippen LogP contribution is -2.41. The van der Waals surface area contributed by atoms with Crippen LogP contribution in [0.2, 0.25) is 0 Å². The number of ether oxygens (including phenoxy) is 1. The molecule has 0 radical (unpaired) electrons. The molecule has 0 aliphatic carbocycles. The van der Waals surface area contributed by atoms with Crippen molar-refractivity contribution in [2.75, 3.05) is 32.0 Å². The molecule has 21 heavy (non-hydrogen) atoms. The van der Waals surface area contributed by atoms with Crippen molar-refractivity contribution in [2.24, 2.45) is 0 Å². The molecule has 0 amide bonds. The third kappa shape index (κ3) is 3.70. The van der Waals surface area contributed by atoms with Gasteiger partial charge in [0.1, 0.15) is 5.82 Å². The maximum atomic E-state index is 13.4. The number of nitrogen functional groups attached to an aromatic ring is 1. The van der Waals surface area contributed by atoms with Crippen LogP contribution in [-0.2, 0) is 14.8 Å². The molecule has 8 heteroatoms. The fourth-order valence-corrected chi connectivity index (χ4v) is 3.76. The van der Waals surface area contributed by atoms with Crippen LogP contribution in [0.15, 0.2) is 23.1 Å². The van der Waals surface area contributed by atoms with Crippen LogP contribution < -0.4 is 5.73 Å². The number of aliphatic hydroxyl groups is 1. The van der Waals surface area contributed by atoms with Gasteiger partial charge in [-0.25, -0.2) is 12.8 Å². The molecule has 1 aliphatic rings. The lowest BCUT2D eigenvalue weighted by Gasteiger charge is -2.31. The van der Waals surface area contributed by atoms with Crippen LogP contribution >= 0.6 is 0 Å². The second-order valence-electron chi connectivity index (χ2n) is 4.88. The van der Waals surface area contributed by atoms with E-state index in [-0.39, 0.29) is 29.9 Å². The summed E-state index contributed by atoms with van der Waals surface area (Å²) in [6.07, 6.45) is 1.06. The van der Waals surface area contributed by atoms with E-state index < -0.39 is 15.8 Å². The number of hydrogen-bond donors (Lipinski definition) is 2. The van der Waals surface area contributed by atoms with Gasteiger partial charge >= 0.3 is 0 Å². The molecule has 0 saturated carbocycles. The molecule has 1 aromatic carbocycles. The zero-order valence-electron chi connectivity index (χ0n) is 11.5. The van der Waals surface area contributed by atoms with Crippen LogP contribution in [0.25, 0.3) is 0 Å². The molecular weight excluding hydrogens is 299 g/mol. The van der Waals surface area contributed by atoms with Gasteiger partial charge in [0.15, 0.2) is 0 Å². The summed E-state index contributed by atoms with van der Waals surface area (Å²) in [5.74, 6) is -0.739. The van der Waals surface area contributed by atoms with Gasteiger partial charge in [0, 0.05) is 13.1 Å². The lowest BCUT2D eigenvalue weighted by molar-refractivity contribution is 0.00318. The van der Waals surface area contributed by atoms with E-state index in [1.807, 2.05) is 0 Å². The summed E-state index contributed by atoms with van der Waals surface area (Å²) in [4.78, 5) is -0.0936. The van der Waals surface area contributed by atoms with Gasteiger partial charge < -0.3 is 15.6 Å². The molecule has 0 atom stereocenters. The normalized spacial score (nSPS) is 18.0. The van der Waals surface area contributed by atoms with Crippen LogP contribution in [-0.4, -0.2) is 50.2 Å². The van der Waals surface area contributed by atoms with Crippen LogP contribution in [0, 0.1) is 5.82 Å². The highest BCUT2D eigenvalue weighted by molar-refractivity contribution is 7.89. The van der Waals surface area contributed by atoms with Gasteiger partial charge in [-0.2, -0.15) is 4.31 Å². The first-order valence-electron chi connectivity index (χ1n) is 6.73. The van der Waals surface area contributed by atoms with Gasteiger partial charge in [0.2, 0.25) is 10.0 Å². The van der Waals surface area contributed by atoms with Gasteiger partial charge in [-0.05, 0) is 31.0 Å². The average Bonchev–Trinajstić information content (AvgIpc) is 2.48. The first-order chi connectivity index (χ1) is 9.95. The zero-order chi connectivity index (χ0) is 15.5. The minimum absolute atomic E-state index is 0.0493. The van der Waals surface area contributed by atoms with Crippen molar-refractivity contribution in [1.82, 2.24) is 4.31 Å². The summed E-state index contributed by atoms with van der Waals surface area (Å²) in [5, 5.41) is 8.70. The average molecular weight is 318 g/mol. The topological polar surface area (TPSA) is 92.9 Å². The number of sulfonamides is 1. The Hall–Kier alpha value is -1.22. The van der Waals surface area contributed by atoms with Crippen molar-refractivity contribution < 1.29 is 22.7 Å². The van der Waals surface area contributed by atoms with E-state index in [0.29, 0.717) is 25.9 Å². The molecule has 1 saturated heterocycles. The zero-order valence-corrected chi connectivity index (χ0v) is 12.4. The first-order valence-corrected chi connectivity index (χ1v) is 8.17. The Labute approximate surface area is 123 Å². The van der Waals surface area contributed by atoms with Crippen molar-refractivity contribution in [1.29, 1.82) is 0 Å². The predicted octanol–water partition coefficient (Wildman–Crippen LogP) is 0.570. The maximum absolute atomic E-state index is 13.4. The summed E-state index contributed by atoms with van der Waals surface area (Å²) in [7, 11) is -3.71. The van der Waals surface area contributed by atoms with Crippen LogP contribution in [0.3, 0.4) is 0 Å². The van der Waals surface area contributed by atoms with Crippen LogP contribution in [0.1, 0.15) is 12.8 Å². The summed E-state index contributed by atoms with van der Waals surface area (Å²) < 4.78 is 44.9. The summed E-state index contributed by atoms with van der Waals surface area (Å²) in [6.45, 7) is 0.818. The SMILES string of the molecule is Nc1ccc(S(=O)(=O)N2CCC(OCCO)CC2)cc1F. The molecule has 118 valence electrons. The number of anilines is 1. The van der Waals surface area contributed by atoms with E-state index in [4.69, 9.17) is 15.6 Å². The number of piperidine rings is 1. The van der Waals surface area contributed by atoms with Gasteiger partial charge in [-0.1, -0.05) is 0 Å². The van der Waals surface area contributed by atoms with Crippen LogP contribution in [0.5, 0.6) is 0 Å². The Kier molecular flexibility index (Phi) is 5.15. The van der Waals surface area contributed by atoms with E-state index in [0.717, 1.165) is 6.07 Å². The standard InChI is InChI=1S/C13H19FN2O4S/c14-12-9-11(1-2-13(12)15)21(18,19)16-5-3-10(4-6-16)20-8-7-17/h1-2,9-10,17H,3-8,15H2. The number of nitrogens with two attached hydrogens (primary N) is 1. The quantitative estimate of drug-likeness (QED) is 0.774. The Morgan fingerprint density at radius 1 is 1.38 bits per heavy atom. The highest BCUT2D eigenvalue weighted by Crippen LogP contribution is 2.24. The Balaban J connectivity index is 2.06. The van der Waals surface area contributed by atoms with E-state index >= 15 is 0 Å². The molecule has 3 N–H and O–H groups in total. The molecule has 2 rings (SSSR count). The minimum atomic E-state index is -3.71. The number of rotatable bonds is 5. The largest absolute Gasteiger partial charge is 0.396 e. The highest BCUT2D eigenvalue weighted by atomic mass is 32.2. The Bertz CT molecular complexity index is 586. The third-order valence-corrected chi connectivity index (χ3v) is 5.35. The highest BCUT2D eigenvalue weighted by Gasteiger charge is 2.30. The molecule has 0 unspecified atom stereocenters. The summed E-state index contributed by atoms with van der Waals surface area (Å²) >= 11 is 0. The van der Waals surface area contributed by atoms with E-state index in [9.17, 15) is 12.8 Å². The summed E-state index contributed by atoms with van der Waals surface area (Å²) in [6, 6.07) is 3.50. The first kappa shape index (κ1) is 16.2. The van der Waals surface area contributed by atoms with E-state index in [2.05, 4.69) is 0 Å². The fourth-order valence-electron chi connectivity index (χ4n) is 2.28. The van der Waals surface area contributed by atoms with Crippen molar-refractivity contribution in [2.45, 2.75) is 23.8 Å². The van der Waals surface area contributed by atoms with Crippen molar-refractivity contribution in [3.8, 4) is 0 Å². The lowest BCUT2D eigenvalue weighted by atomic mass is 10.1. The monoisotopic (exact) mass is 318 g/mol. The molecule has 1 aromatic rings. The van der Waals surface area contributed by atoms with Crippen molar-refractivity contribution >= 4 is 15.7 Å². The molecule has 6 nitrogen and oxygen atoms in total. The van der Waals surface area contributed by atoms with Crippen LogP contribution in [0.4, 0.5) is 10.1 Å². The molecule has 1 fully saturated rings. The third-order valence-electron chi connectivity index (χ3n) is 3.46. The molecule has 1 heterocycles. The summed E-state index contributed by atoms with van der Waals surface area (Å²) in [5.41, 5.74) is 5.28. The number of halogens is 1. The number of nitrogens with zero attached hydrogens (tertiary/aromatic N) is 1. The Morgan fingerprint density at radius 3 is 2.62 bits per heavy atom. The van der Waals surface area contributed by atoms with Gasteiger partial charge in [-0.15, -0.1) is 0 Å². The van der Waals surface area contributed by atoms with Gasteiger partial charge in [-0.3, -0.25) is 0 Å². The van der Waals surface area contributed by atoms with E-state index in [1.54, 1.807) is 0 Å². The molecular formula is C13H19FN2O4S. The molecule has 0 spiro atoms. The van der Waals surface area contributed by atoms with Gasteiger partial charge in [0.05, 0.1) is 29.9 Å². The molecule has 0 aromatic heterocycles. The van der Waals surface area contributed by atoms with Crippen molar-refractivity contribution in [3.05, 3.63) is 24.0 Å². The molecule has 1 aliphatic heterocycles. The number of aliphatic hydroxyl groups excluding tert-OH is 1. The Morgan fingerprint density at radius 2 is 2.05 bits per heavy atom. The second kappa shape index (κ2) is 6.69. The van der Waals surface area contributed by atoms with E-state index in [1.165, 1.54) is 16.4 Å². The fraction of sp³-hybridized carbons (Fsp3) is 0.538. The van der Waals surface area contributed by atoms with Gasteiger partial charge in [0.25, 0.3) is 0 Å². The number of hydrogen-bond acceptors (Lipinski definition) is 5. The van der Waals surface area contributed by atoms with Crippen molar-refractivity contribution in [3.63, 3.8) is 0 Å². The minimum Gasteiger partial charge on any atom is -0.396 e. The predicted molar refractivity (Wildman–Crippen MR) is 75.6 cm³/mol. The number of benzene rings is 1. The smallest absolute Gasteiger partial charge is 0.243 e. The maximum Gasteiger partial charge on any atom is 0.243 e. The molecule has 0 bridgehead atoms. The second-order valence-corrected chi connectivity index (χ2v) is 6.82.